The minimum absolute atomic E-state index is 0.270. The maximum Gasteiger partial charge on any atom is 0.407 e. The Hall–Kier alpha value is -3.76. The van der Waals surface area contributed by atoms with Crippen LogP contribution < -0.4 is 10.6 Å². The topological polar surface area (TPSA) is 147 Å². The van der Waals surface area contributed by atoms with Gasteiger partial charge in [0.1, 0.15) is 28.2 Å². The van der Waals surface area contributed by atoms with Gasteiger partial charge in [-0.2, -0.15) is 10.5 Å². The number of amides is 2. The molecule has 1 aromatic heterocycles. The summed E-state index contributed by atoms with van der Waals surface area (Å²) in [5.41, 5.74) is 7.43. The average Bonchev–Trinajstić information content (AvgIpc) is 2.86. The molecule has 2 aromatic rings. The van der Waals surface area contributed by atoms with Gasteiger partial charge in [-0.1, -0.05) is 49.0 Å². The van der Waals surface area contributed by atoms with E-state index in [0.29, 0.717) is 66.4 Å². The third-order valence-corrected chi connectivity index (χ3v) is 8.27. The monoisotopic (exact) mass is 490 g/mol. The first kappa shape index (κ1) is 24.4. The number of thioether (sulfide) groups is 1. The molecule has 1 aromatic carbocycles. The minimum Gasteiger partial charge on any atom is -0.465 e. The van der Waals surface area contributed by atoms with Crippen molar-refractivity contribution in [1.29, 1.82) is 10.5 Å². The van der Waals surface area contributed by atoms with E-state index in [1.807, 2.05) is 25.1 Å². The average molecular weight is 491 g/mol. The lowest BCUT2D eigenvalue weighted by Gasteiger charge is -2.57. The summed E-state index contributed by atoms with van der Waals surface area (Å²) in [7, 11) is 0. The lowest BCUT2D eigenvalue weighted by atomic mass is 9.76. The third kappa shape index (κ3) is 4.38. The second-order valence-electron chi connectivity index (χ2n) is 8.75. The summed E-state index contributed by atoms with van der Waals surface area (Å²) in [6.07, 6.45) is 1.69. The van der Waals surface area contributed by atoms with Gasteiger partial charge in [-0.3, -0.25) is 4.79 Å². The maximum absolute atomic E-state index is 12.4. The van der Waals surface area contributed by atoms with E-state index in [1.165, 1.54) is 4.90 Å². The number of nitrogens with zero attached hydrogens (tertiary/aromatic N) is 5. The van der Waals surface area contributed by atoms with Crippen molar-refractivity contribution in [3.63, 3.8) is 0 Å². The Morgan fingerprint density at radius 2 is 1.77 bits per heavy atom. The highest BCUT2D eigenvalue weighted by atomic mass is 32.2. The molecule has 2 aliphatic heterocycles. The van der Waals surface area contributed by atoms with Gasteiger partial charge in [0.05, 0.1) is 11.1 Å². The predicted molar refractivity (Wildman–Crippen MR) is 131 cm³/mol. The lowest BCUT2D eigenvalue weighted by molar-refractivity contribution is -0.117. The van der Waals surface area contributed by atoms with Crippen LogP contribution in [0.25, 0.3) is 0 Å². The van der Waals surface area contributed by atoms with E-state index in [-0.39, 0.29) is 11.1 Å². The van der Waals surface area contributed by atoms with Crippen molar-refractivity contribution in [2.75, 3.05) is 24.5 Å². The van der Waals surface area contributed by atoms with E-state index in [1.54, 1.807) is 12.1 Å². The number of likely N-dealkylation sites (tertiary alicyclic amines) is 1. The van der Waals surface area contributed by atoms with Crippen LogP contribution in [0.4, 0.5) is 10.6 Å². The Morgan fingerprint density at radius 3 is 2.26 bits per heavy atom. The van der Waals surface area contributed by atoms with E-state index in [0.717, 1.165) is 18.2 Å². The standard InChI is InChI=1S/C25H26N6O3S/c1-2-17-18(14-26)22(31-13-10-25(31)8-11-30(12-9-25)24(33)34)29-23(19(17)15-27)35-20(21(28)32)16-6-4-3-5-7-16/h3-7,20H,2,8-13H2,1H3,(H2,28,32)(H,33,34). The summed E-state index contributed by atoms with van der Waals surface area (Å²) < 4.78 is 0. The Labute approximate surface area is 208 Å². The van der Waals surface area contributed by atoms with Crippen molar-refractivity contribution in [2.45, 2.75) is 48.4 Å². The second kappa shape index (κ2) is 9.85. The zero-order valence-electron chi connectivity index (χ0n) is 19.4. The quantitative estimate of drug-likeness (QED) is 0.585. The molecule has 0 bridgehead atoms. The SMILES string of the molecule is CCc1c(C#N)c(SC(C(N)=O)c2ccccc2)nc(N2CCC23CCN(C(=O)O)CC3)c1C#N. The van der Waals surface area contributed by atoms with Gasteiger partial charge in [0.25, 0.3) is 0 Å². The van der Waals surface area contributed by atoms with Crippen LogP contribution in [-0.2, 0) is 11.2 Å². The van der Waals surface area contributed by atoms with Crippen LogP contribution in [0.5, 0.6) is 0 Å². The van der Waals surface area contributed by atoms with Crippen molar-refractivity contribution < 1.29 is 14.7 Å². The minimum atomic E-state index is -0.926. The number of carbonyl (C=O) groups is 2. The first-order valence-electron chi connectivity index (χ1n) is 11.5. The van der Waals surface area contributed by atoms with Crippen LogP contribution in [0, 0.1) is 22.7 Å². The van der Waals surface area contributed by atoms with E-state index >= 15 is 0 Å². The summed E-state index contributed by atoms with van der Waals surface area (Å²) >= 11 is 1.13. The molecule has 35 heavy (non-hydrogen) atoms. The predicted octanol–water partition coefficient (Wildman–Crippen LogP) is 3.43. The third-order valence-electron chi connectivity index (χ3n) is 7.01. The Bertz CT molecular complexity index is 1230. The molecule has 9 nitrogen and oxygen atoms in total. The van der Waals surface area contributed by atoms with Crippen LogP contribution in [0.15, 0.2) is 35.4 Å². The zero-order valence-corrected chi connectivity index (χ0v) is 20.2. The molecule has 2 aliphatic rings. The first-order chi connectivity index (χ1) is 16.8. The van der Waals surface area contributed by atoms with Crippen LogP contribution in [0.3, 0.4) is 0 Å². The molecule has 3 N–H and O–H groups in total. The molecule has 1 unspecified atom stereocenters. The molecule has 10 heteroatoms. The summed E-state index contributed by atoms with van der Waals surface area (Å²) in [6.45, 7) is 3.41. The zero-order chi connectivity index (χ0) is 25.2. The van der Waals surface area contributed by atoms with Gasteiger partial charge in [0.2, 0.25) is 5.91 Å². The normalized spacial score (nSPS) is 17.2. The summed E-state index contributed by atoms with van der Waals surface area (Å²) in [5.74, 6) is -0.0468. The Kier molecular flexibility index (Phi) is 6.86. The van der Waals surface area contributed by atoms with Crippen molar-refractivity contribution in [3.05, 3.63) is 52.6 Å². The number of aromatic nitrogens is 1. The molecule has 3 heterocycles. The molecular weight excluding hydrogens is 464 g/mol. The first-order valence-corrected chi connectivity index (χ1v) is 12.4. The molecule has 0 aliphatic carbocycles. The fourth-order valence-corrected chi connectivity index (χ4v) is 6.06. The summed E-state index contributed by atoms with van der Waals surface area (Å²) in [6, 6.07) is 13.6. The number of carbonyl (C=O) groups excluding carboxylic acids is 1. The molecule has 0 saturated carbocycles. The summed E-state index contributed by atoms with van der Waals surface area (Å²) in [4.78, 5) is 32.1. The number of rotatable bonds is 6. The molecule has 180 valence electrons. The molecule has 2 fully saturated rings. The van der Waals surface area contributed by atoms with E-state index in [2.05, 4.69) is 17.0 Å². The van der Waals surface area contributed by atoms with E-state index < -0.39 is 17.3 Å². The van der Waals surface area contributed by atoms with Crippen molar-refractivity contribution >= 4 is 29.6 Å². The van der Waals surface area contributed by atoms with Gasteiger partial charge >= 0.3 is 6.09 Å². The van der Waals surface area contributed by atoms with Crippen molar-refractivity contribution in [2.24, 2.45) is 5.73 Å². The number of pyridine rings is 1. The fraction of sp³-hybridized carbons (Fsp3) is 0.400. The van der Waals surface area contributed by atoms with Crippen LogP contribution in [0.2, 0.25) is 0 Å². The molecule has 2 amide bonds. The second-order valence-corrected chi connectivity index (χ2v) is 9.85. The number of piperidine rings is 1. The number of carboxylic acid groups (broad SMARTS) is 1. The van der Waals surface area contributed by atoms with Crippen molar-refractivity contribution in [1.82, 2.24) is 9.88 Å². The molecule has 4 rings (SSSR count). The molecule has 2 saturated heterocycles. The number of nitriles is 2. The van der Waals surface area contributed by atoms with Crippen LogP contribution in [-0.4, -0.2) is 52.2 Å². The number of primary amides is 1. The van der Waals surface area contributed by atoms with Crippen molar-refractivity contribution in [3.8, 4) is 12.1 Å². The lowest BCUT2D eigenvalue weighted by Crippen LogP contribution is -2.65. The number of nitrogens with two attached hydrogens (primary N) is 1. The highest BCUT2D eigenvalue weighted by Gasteiger charge is 2.49. The van der Waals surface area contributed by atoms with Crippen LogP contribution in [0.1, 0.15) is 53.7 Å². The number of hydrogen-bond donors (Lipinski definition) is 2. The largest absolute Gasteiger partial charge is 0.465 e. The smallest absolute Gasteiger partial charge is 0.407 e. The van der Waals surface area contributed by atoms with E-state index in [9.17, 15) is 25.2 Å². The molecule has 0 radical (unpaired) electrons. The fourth-order valence-electron chi connectivity index (χ4n) is 5.00. The van der Waals surface area contributed by atoms with Gasteiger partial charge in [-0.25, -0.2) is 9.78 Å². The van der Waals surface area contributed by atoms with Crippen LogP contribution >= 0.6 is 11.8 Å². The summed E-state index contributed by atoms with van der Waals surface area (Å²) in [5, 5.41) is 29.0. The van der Waals surface area contributed by atoms with Gasteiger partial charge < -0.3 is 20.6 Å². The Balaban J connectivity index is 1.77. The van der Waals surface area contributed by atoms with E-state index in [4.69, 9.17) is 10.7 Å². The number of hydrogen-bond acceptors (Lipinski definition) is 7. The number of anilines is 1. The van der Waals surface area contributed by atoms with Gasteiger partial charge in [0.15, 0.2) is 0 Å². The highest BCUT2D eigenvalue weighted by molar-refractivity contribution is 8.00. The highest BCUT2D eigenvalue weighted by Crippen LogP contribution is 2.46. The molecular formula is C25H26N6O3S. The maximum atomic E-state index is 12.4. The molecule has 1 spiro atoms. The molecule has 1 atom stereocenters. The van der Waals surface area contributed by atoms with Gasteiger partial charge in [-0.05, 0) is 36.8 Å². The van der Waals surface area contributed by atoms with Gasteiger partial charge in [-0.15, -0.1) is 0 Å². The number of benzene rings is 1. The Morgan fingerprint density at radius 1 is 1.14 bits per heavy atom. The van der Waals surface area contributed by atoms with Gasteiger partial charge in [0, 0.05) is 25.2 Å².